The number of phenols is 2. The molecule has 0 saturated carbocycles. The topological polar surface area (TPSA) is 74.6 Å². The lowest BCUT2D eigenvalue weighted by Crippen LogP contribution is -1.91. The Kier molecular flexibility index (Phi) is 6.77. The molecule has 0 aromatic heterocycles. The minimum absolute atomic E-state index is 0.0203. The summed E-state index contributed by atoms with van der Waals surface area (Å²) in [5.74, 6) is -0.219. The van der Waals surface area contributed by atoms with Gasteiger partial charge in [0, 0.05) is 8.95 Å². The third kappa shape index (κ3) is 5.27. The maximum absolute atomic E-state index is 10.8. The molecular weight excluding hydrogens is 416 g/mol. The zero-order chi connectivity index (χ0) is 16.9. The number of aromatic hydroxyl groups is 2. The summed E-state index contributed by atoms with van der Waals surface area (Å²) in [6, 6.07) is 9.60. The number of hydrogen-bond donors (Lipinski definition) is 2. The number of benzene rings is 2. The molecule has 6 heteroatoms. The Morgan fingerprint density at radius 1 is 0.773 bits per heavy atom. The zero-order valence-electron chi connectivity index (χ0n) is 11.9. The fraction of sp³-hybridized carbons (Fsp3) is 0.125. The van der Waals surface area contributed by atoms with Crippen molar-refractivity contribution in [2.45, 2.75) is 13.8 Å². The highest BCUT2D eigenvalue weighted by atomic mass is 79.9. The highest BCUT2D eigenvalue weighted by Gasteiger charge is 2.05. The molecule has 2 aromatic rings. The average Bonchev–Trinajstić information content (AvgIpc) is 2.38. The maximum atomic E-state index is 10.8. The minimum atomic E-state index is -0.130. The summed E-state index contributed by atoms with van der Waals surface area (Å²) in [6.07, 6.45) is 0. The van der Waals surface area contributed by atoms with Gasteiger partial charge < -0.3 is 10.2 Å². The van der Waals surface area contributed by atoms with Crippen LogP contribution in [-0.4, -0.2) is 21.8 Å². The first-order valence-corrected chi connectivity index (χ1v) is 7.80. The van der Waals surface area contributed by atoms with Crippen molar-refractivity contribution in [3.63, 3.8) is 0 Å². The van der Waals surface area contributed by atoms with E-state index in [-0.39, 0.29) is 23.1 Å². The number of ketones is 2. The Morgan fingerprint density at radius 2 is 1.09 bits per heavy atom. The number of Topliss-reactive ketones (excluding diaryl/α,β-unsaturated/α-hetero) is 2. The Bertz CT molecular complexity index is 650. The molecule has 0 radical (unpaired) electrons. The number of hydrogen-bond acceptors (Lipinski definition) is 4. The molecule has 2 aromatic carbocycles. The Balaban J connectivity index is 0.000000220. The molecule has 0 heterocycles. The van der Waals surface area contributed by atoms with Crippen molar-refractivity contribution >= 4 is 43.4 Å². The molecule has 116 valence electrons. The normalized spacial score (nSPS) is 9.64. The molecule has 0 aliphatic heterocycles. The molecular formula is C16H14Br2O4. The summed E-state index contributed by atoms with van der Waals surface area (Å²) in [4.78, 5) is 21.6. The van der Waals surface area contributed by atoms with E-state index in [0.717, 1.165) is 8.95 Å². The van der Waals surface area contributed by atoms with Gasteiger partial charge in [0.1, 0.15) is 11.5 Å². The van der Waals surface area contributed by atoms with E-state index >= 15 is 0 Å². The molecule has 0 amide bonds. The molecule has 22 heavy (non-hydrogen) atoms. The number of halogens is 2. The molecule has 0 saturated heterocycles. The SMILES string of the molecule is CC(=O)c1ccc(Br)cc1O.CC(=O)c1ccc(Br)cc1O. The fourth-order valence-corrected chi connectivity index (χ4v) is 2.30. The van der Waals surface area contributed by atoms with E-state index in [2.05, 4.69) is 31.9 Å². The van der Waals surface area contributed by atoms with Crippen molar-refractivity contribution < 1.29 is 19.8 Å². The third-order valence-corrected chi connectivity index (χ3v) is 3.66. The summed E-state index contributed by atoms with van der Waals surface area (Å²) >= 11 is 6.35. The molecule has 0 atom stereocenters. The van der Waals surface area contributed by atoms with Crippen LogP contribution in [0.2, 0.25) is 0 Å². The van der Waals surface area contributed by atoms with E-state index in [1.807, 2.05) is 0 Å². The van der Waals surface area contributed by atoms with Crippen LogP contribution in [0.5, 0.6) is 11.5 Å². The van der Waals surface area contributed by atoms with Gasteiger partial charge in [0.25, 0.3) is 0 Å². The van der Waals surface area contributed by atoms with Gasteiger partial charge in [-0.3, -0.25) is 9.59 Å². The van der Waals surface area contributed by atoms with E-state index in [1.54, 1.807) is 24.3 Å². The standard InChI is InChI=1S/2C8H7BrO2/c2*1-5(10)7-3-2-6(9)4-8(7)11/h2*2-4,11H,1H3. The van der Waals surface area contributed by atoms with Gasteiger partial charge in [-0.2, -0.15) is 0 Å². The molecule has 0 bridgehead atoms. The molecule has 4 nitrogen and oxygen atoms in total. The smallest absolute Gasteiger partial charge is 0.163 e. The number of phenolic OH excluding ortho intramolecular Hbond substituents is 2. The quantitative estimate of drug-likeness (QED) is 0.677. The van der Waals surface area contributed by atoms with E-state index in [1.165, 1.54) is 26.0 Å². The van der Waals surface area contributed by atoms with E-state index in [0.29, 0.717) is 11.1 Å². The largest absolute Gasteiger partial charge is 0.507 e. The first kappa shape index (κ1) is 18.4. The molecule has 0 aliphatic carbocycles. The fourth-order valence-electron chi connectivity index (χ4n) is 1.61. The molecule has 0 unspecified atom stereocenters. The van der Waals surface area contributed by atoms with Gasteiger partial charge in [-0.05, 0) is 50.2 Å². The average molecular weight is 430 g/mol. The highest BCUT2D eigenvalue weighted by Crippen LogP contribution is 2.23. The van der Waals surface area contributed by atoms with Crippen LogP contribution in [0.25, 0.3) is 0 Å². The monoisotopic (exact) mass is 428 g/mol. The van der Waals surface area contributed by atoms with Crippen LogP contribution in [0, 0.1) is 0 Å². The van der Waals surface area contributed by atoms with Crippen LogP contribution in [0.1, 0.15) is 34.6 Å². The van der Waals surface area contributed by atoms with Crippen LogP contribution >= 0.6 is 31.9 Å². The molecule has 0 fully saturated rings. The van der Waals surface area contributed by atoms with Crippen LogP contribution in [0.3, 0.4) is 0 Å². The van der Waals surface area contributed by atoms with Crippen molar-refractivity contribution in [3.8, 4) is 11.5 Å². The number of rotatable bonds is 2. The van der Waals surface area contributed by atoms with E-state index in [4.69, 9.17) is 0 Å². The van der Waals surface area contributed by atoms with Gasteiger partial charge in [-0.15, -0.1) is 0 Å². The van der Waals surface area contributed by atoms with Gasteiger partial charge in [0.15, 0.2) is 11.6 Å². The number of carbonyl (C=O) groups excluding carboxylic acids is 2. The van der Waals surface area contributed by atoms with Crippen molar-refractivity contribution in [1.29, 1.82) is 0 Å². The maximum Gasteiger partial charge on any atom is 0.163 e. The predicted molar refractivity (Wildman–Crippen MR) is 91.6 cm³/mol. The Hall–Kier alpha value is -1.66. The van der Waals surface area contributed by atoms with Gasteiger partial charge in [0.05, 0.1) is 11.1 Å². The second-order valence-corrected chi connectivity index (χ2v) is 6.27. The van der Waals surface area contributed by atoms with Crippen LogP contribution in [0.15, 0.2) is 45.3 Å². The zero-order valence-corrected chi connectivity index (χ0v) is 15.1. The lowest BCUT2D eigenvalue weighted by Gasteiger charge is -1.99. The van der Waals surface area contributed by atoms with Crippen LogP contribution in [-0.2, 0) is 0 Å². The summed E-state index contributed by atoms with van der Waals surface area (Å²) in [5, 5.41) is 18.4. The van der Waals surface area contributed by atoms with Gasteiger partial charge >= 0.3 is 0 Å². The van der Waals surface area contributed by atoms with Crippen molar-refractivity contribution in [2.75, 3.05) is 0 Å². The van der Waals surface area contributed by atoms with Gasteiger partial charge in [0.2, 0.25) is 0 Å². The van der Waals surface area contributed by atoms with E-state index in [9.17, 15) is 19.8 Å². The molecule has 0 spiro atoms. The highest BCUT2D eigenvalue weighted by molar-refractivity contribution is 9.10. The van der Waals surface area contributed by atoms with Gasteiger partial charge in [-0.1, -0.05) is 31.9 Å². The summed E-state index contributed by atoms with van der Waals surface area (Å²) in [5.41, 5.74) is 0.710. The lowest BCUT2D eigenvalue weighted by atomic mass is 10.1. The molecule has 2 rings (SSSR count). The Labute approximate surface area is 145 Å². The summed E-state index contributed by atoms with van der Waals surface area (Å²) in [7, 11) is 0. The summed E-state index contributed by atoms with van der Waals surface area (Å²) < 4.78 is 1.53. The summed E-state index contributed by atoms with van der Waals surface area (Å²) in [6.45, 7) is 2.84. The first-order valence-electron chi connectivity index (χ1n) is 6.21. The van der Waals surface area contributed by atoms with Crippen LogP contribution < -0.4 is 0 Å². The van der Waals surface area contributed by atoms with Crippen LogP contribution in [0.4, 0.5) is 0 Å². The van der Waals surface area contributed by atoms with Gasteiger partial charge in [-0.25, -0.2) is 0 Å². The first-order chi connectivity index (χ1) is 10.2. The van der Waals surface area contributed by atoms with Crippen molar-refractivity contribution in [2.24, 2.45) is 0 Å². The molecule has 2 N–H and O–H groups in total. The molecule has 0 aliphatic rings. The number of carbonyl (C=O) groups is 2. The Morgan fingerprint density at radius 3 is 1.32 bits per heavy atom. The van der Waals surface area contributed by atoms with Crippen molar-refractivity contribution in [1.82, 2.24) is 0 Å². The predicted octanol–water partition coefficient (Wildman–Crippen LogP) is 4.71. The second kappa shape index (κ2) is 8.10. The lowest BCUT2D eigenvalue weighted by molar-refractivity contribution is 0.100. The minimum Gasteiger partial charge on any atom is -0.507 e. The third-order valence-electron chi connectivity index (χ3n) is 2.68. The van der Waals surface area contributed by atoms with Crippen molar-refractivity contribution in [3.05, 3.63) is 56.5 Å². The second-order valence-electron chi connectivity index (χ2n) is 4.44. The van der Waals surface area contributed by atoms with E-state index < -0.39 is 0 Å².